The summed E-state index contributed by atoms with van der Waals surface area (Å²) in [5.41, 5.74) is 16.2. The summed E-state index contributed by atoms with van der Waals surface area (Å²) in [4.78, 5) is 19.5. The summed E-state index contributed by atoms with van der Waals surface area (Å²) >= 11 is 0. The lowest BCUT2D eigenvalue weighted by molar-refractivity contribution is 0.0976. The van der Waals surface area contributed by atoms with Crippen molar-refractivity contribution in [3.63, 3.8) is 0 Å². The van der Waals surface area contributed by atoms with Crippen LogP contribution in [0.15, 0.2) is 53.6 Å². The molecule has 3 aromatic rings. The first-order valence-electron chi connectivity index (χ1n) is 13.2. The van der Waals surface area contributed by atoms with Crippen molar-refractivity contribution >= 4 is 22.3 Å². The largest absolute Gasteiger partial charge is 0.488 e. The molecule has 5 rings (SSSR count). The second kappa shape index (κ2) is 11.3. The zero-order chi connectivity index (χ0) is 29.3. The van der Waals surface area contributed by atoms with E-state index in [1.54, 1.807) is 18.7 Å². The molecule has 2 aliphatic rings. The molecule has 0 unspecified atom stereocenters. The number of azide groups is 1. The first kappa shape index (κ1) is 28.3. The van der Waals surface area contributed by atoms with Crippen molar-refractivity contribution in [2.75, 3.05) is 37.7 Å². The van der Waals surface area contributed by atoms with Crippen molar-refractivity contribution in [1.29, 1.82) is 0 Å². The molecular formula is C29H30FN5O5S. The summed E-state index contributed by atoms with van der Waals surface area (Å²) in [7, 11) is -5.28. The van der Waals surface area contributed by atoms with Crippen LogP contribution in [-0.4, -0.2) is 52.2 Å². The van der Waals surface area contributed by atoms with E-state index in [0.29, 0.717) is 48.6 Å². The average molecular weight is 580 g/mol. The zero-order valence-electron chi connectivity index (χ0n) is 23.0. The Balaban J connectivity index is 1.31. The number of amides is 1. The molecule has 0 spiro atoms. The monoisotopic (exact) mass is 579 g/mol. The van der Waals surface area contributed by atoms with Crippen LogP contribution in [0.2, 0.25) is 0 Å². The van der Waals surface area contributed by atoms with Gasteiger partial charge in [-0.2, -0.15) is 8.42 Å². The van der Waals surface area contributed by atoms with Crippen LogP contribution in [0.5, 0.6) is 5.75 Å². The number of anilines is 1. The van der Waals surface area contributed by atoms with Crippen molar-refractivity contribution in [2.24, 2.45) is 5.11 Å². The number of carbonyl (C=O) groups excluding carboxylic acids is 1. The number of halogens is 1. The fraction of sp³-hybridized carbons (Fsp3) is 0.345. The number of rotatable bonds is 7. The van der Waals surface area contributed by atoms with Crippen LogP contribution in [0.3, 0.4) is 0 Å². The molecule has 1 fully saturated rings. The third kappa shape index (κ3) is 5.53. The van der Waals surface area contributed by atoms with Gasteiger partial charge in [0.25, 0.3) is 0 Å². The Kier molecular flexibility index (Phi) is 7.79. The number of piperazine rings is 1. The molecule has 1 aliphatic carbocycles. The highest BCUT2D eigenvalue weighted by molar-refractivity contribution is 7.81. The SMILES string of the molecule is Cc1c(CN=[N+]=[N-])c(C)c(N2CCN(C(=O)OCC3c4ccccc4-c4ccccc43)CC2)c(C)c1OS(=O)(=O)F. The Labute approximate surface area is 238 Å². The van der Waals surface area contributed by atoms with E-state index in [9.17, 15) is 17.1 Å². The van der Waals surface area contributed by atoms with Crippen LogP contribution < -0.4 is 9.08 Å². The van der Waals surface area contributed by atoms with Crippen LogP contribution in [-0.2, 0) is 21.8 Å². The molecule has 0 N–H and O–H groups in total. The number of benzene rings is 3. The second-order valence-corrected chi connectivity index (χ2v) is 11.1. The summed E-state index contributed by atoms with van der Waals surface area (Å²) in [6, 6.07) is 16.3. The van der Waals surface area contributed by atoms with Gasteiger partial charge in [0.05, 0.1) is 6.54 Å². The first-order chi connectivity index (χ1) is 19.6. The fourth-order valence-corrected chi connectivity index (χ4v) is 6.52. The van der Waals surface area contributed by atoms with Crippen LogP contribution in [0.4, 0.5) is 14.4 Å². The number of ether oxygens (including phenoxy) is 1. The van der Waals surface area contributed by atoms with Crippen molar-refractivity contribution in [2.45, 2.75) is 33.2 Å². The van der Waals surface area contributed by atoms with Gasteiger partial charge in [-0.05, 0) is 65.2 Å². The lowest BCUT2D eigenvalue weighted by Crippen LogP contribution is -2.49. The van der Waals surface area contributed by atoms with Gasteiger partial charge >= 0.3 is 16.6 Å². The maximum atomic E-state index is 13.6. The third-order valence-corrected chi connectivity index (χ3v) is 8.33. The average Bonchev–Trinajstić information content (AvgIpc) is 3.27. The van der Waals surface area contributed by atoms with Gasteiger partial charge in [0, 0.05) is 48.3 Å². The number of hydrogen-bond donors (Lipinski definition) is 0. The lowest BCUT2D eigenvalue weighted by Gasteiger charge is -2.38. The van der Waals surface area contributed by atoms with E-state index in [2.05, 4.69) is 34.3 Å². The smallest absolute Gasteiger partial charge is 0.448 e. The van der Waals surface area contributed by atoms with E-state index in [0.717, 1.165) is 27.8 Å². The fourth-order valence-electron chi connectivity index (χ4n) is 6.07. The van der Waals surface area contributed by atoms with Gasteiger partial charge < -0.3 is 18.7 Å². The quantitative estimate of drug-likeness (QED) is 0.144. The summed E-state index contributed by atoms with van der Waals surface area (Å²) < 4.78 is 46.9. The van der Waals surface area contributed by atoms with Gasteiger partial charge in [0.1, 0.15) is 6.61 Å². The summed E-state index contributed by atoms with van der Waals surface area (Å²) in [5.74, 6) is -0.166. The number of fused-ring (bicyclic) bond motifs is 3. The van der Waals surface area contributed by atoms with E-state index < -0.39 is 16.6 Å². The van der Waals surface area contributed by atoms with Crippen LogP contribution in [0.25, 0.3) is 21.6 Å². The van der Waals surface area contributed by atoms with Gasteiger partial charge in [-0.1, -0.05) is 57.5 Å². The summed E-state index contributed by atoms with van der Waals surface area (Å²) in [6.45, 7) is 6.86. The highest BCUT2D eigenvalue weighted by Gasteiger charge is 2.32. The van der Waals surface area contributed by atoms with Crippen molar-refractivity contribution in [3.05, 3.63) is 92.4 Å². The molecule has 0 aromatic heterocycles. The molecule has 0 atom stereocenters. The Morgan fingerprint density at radius 1 is 0.976 bits per heavy atom. The number of nitrogens with zero attached hydrogens (tertiary/aromatic N) is 5. The van der Waals surface area contributed by atoms with Crippen LogP contribution in [0, 0.1) is 20.8 Å². The lowest BCUT2D eigenvalue weighted by atomic mass is 9.94. The van der Waals surface area contributed by atoms with Crippen molar-refractivity contribution < 1.29 is 26.0 Å². The van der Waals surface area contributed by atoms with Crippen LogP contribution in [0.1, 0.15) is 39.3 Å². The Hall–Kier alpha value is -4.28. The normalized spacial score (nSPS) is 14.7. The minimum Gasteiger partial charge on any atom is -0.448 e. The highest BCUT2D eigenvalue weighted by Crippen LogP contribution is 2.45. The minimum absolute atomic E-state index is 0.0369. The van der Waals surface area contributed by atoms with E-state index in [-0.39, 0.29) is 24.8 Å². The van der Waals surface area contributed by atoms with Gasteiger partial charge in [0.2, 0.25) is 0 Å². The molecule has 1 saturated heterocycles. The van der Waals surface area contributed by atoms with Gasteiger partial charge in [-0.3, -0.25) is 0 Å². The molecule has 0 radical (unpaired) electrons. The van der Waals surface area contributed by atoms with Gasteiger partial charge in [-0.15, -0.1) is 0 Å². The Morgan fingerprint density at radius 3 is 2.12 bits per heavy atom. The van der Waals surface area contributed by atoms with E-state index in [4.69, 9.17) is 14.5 Å². The van der Waals surface area contributed by atoms with Gasteiger partial charge in [-0.25, -0.2) is 4.79 Å². The zero-order valence-corrected chi connectivity index (χ0v) is 23.8. The molecular weight excluding hydrogens is 549 g/mol. The minimum atomic E-state index is -5.28. The van der Waals surface area contributed by atoms with Gasteiger partial charge in [0.15, 0.2) is 5.75 Å². The molecule has 1 aliphatic heterocycles. The maximum Gasteiger partial charge on any atom is 0.488 e. The predicted molar refractivity (Wildman–Crippen MR) is 153 cm³/mol. The highest BCUT2D eigenvalue weighted by atomic mass is 32.3. The molecule has 10 nitrogen and oxygen atoms in total. The first-order valence-corrected chi connectivity index (χ1v) is 14.5. The van der Waals surface area contributed by atoms with E-state index in [1.165, 1.54) is 0 Å². The number of carbonyl (C=O) groups is 1. The molecule has 0 saturated carbocycles. The molecule has 3 aromatic carbocycles. The molecule has 1 amide bonds. The van der Waals surface area contributed by atoms with E-state index in [1.807, 2.05) is 36.1 Å². The third-order valence-electron chi connectivity index (χ3n) is 7.96. The predicted octanol–water partition coefficient (Wildman–Crippen LogP) is 6.09. The molecule has 1 heterocycles. The van der Waals surface area contributed by atoms with E-state index >= 15 is 0 Å². The van der Waals surface area contributed by atoms with Crippen LogP contribution >= 0.6 is 0 Å². The van der Waals surface area contributed by atoms with Crippen molar-refractivity contribution in [3.8, 4) is 16.9 Å². The Bertz CT molecular complexity index is 1620. The number of hydrogen-bond acceptors (Lipinski definition) is 7. The maximum absolute atomic E-state index is 13.6. The topological polar surface area (TPSA) is 125 Å². The molecule has 41 heavy (non-hydrogen) atoms. The second-order valence-electron chi connectivity index (χ2n) is 10.2. The Morgan fingerprint density at radius 2 is 1.56 bits per heavy atom. The summed E-state index contributed by atoms with van der Waals surface area (Å²) in [6.07, 6.45) is -0.402. The summed E-state index contributed by atoms with van der Waals surface area (Å²) in [5, 5.41) is 3.63. The molecule has 12 heteroatoms. The molecule has 214 valence electrons. The standard InChI is InChI=1S/C29H30FN5O5S/c1-18-25(16-32-33-31)19(2)28(40-41(30,37)38)20(3)27(18)34-12-14-35(15-13-34)29(36)39-17-26-23-10-6-4-8-21(23)22-9-5-7-11-24(22)26/h4-11,26H,12-17H2,1-3H3. The van der Waals surface area contributed by atoms with Crippen molar-refractivity contribution in [1.82, 2.24) is 4.90 Å². The molecule has 0 bridgehead atoms.